The van der Waals surface area contributed by atoms with Gasteiger partial charge in [-0.2, -0.15) is 0 Å². The van der Waals surface area contributed by atoms with E-state index in [1.54, 1.807) is 0 Å². The van der Waals surface area contributed by atoms with Crippen LogP contribution in [0, 0.1) is 13.8 Å². The first-order chi connectivity index (χ1) is 6.96. The molecule has 0 fully saturated rings. The summed E-state index contributed by atoms with van der Waals surface area (Å²) in [5.41, 5.74) is 4.03. The molecular formula is C13H22N2. The number of likely N-dealkylation sites (N-methyl/N-ethyl adjacent to an activating group) is 1. The van der Waals surface area contributed by atoms with Crippen molar-refractivity contribution >= 4 is 5.69 Å². The normalized spacial score (nSPS) is 11.5. The van der Waals surface area contributed by atoms with Crippen molar-refractivity contribution in [3.05, 3.63) is 29.3 Å². The third-order valence-electron chi connectivity index (χ3n) is 3.00. The first kappa shape index (κ1) is 12.1. The van der Waals surface area contributed by atoms with Crippen LogP contribution in [0.25, 0.3) is 0 Å². The second-order valence-electron chi connectivity index (χ2n) is 4.73. The van der Waals surface area contributed by atoms with Gasteiger partial charge in [-0.1, -0.05) is 12.1 Å². The van der Waals surface area contributed by atoms with Crippen molar-refractivity contribution in [1.29, 1.82) is 0 Å². The van der Waals surface area contributed by atoms with E-state index in [0.29, 0.717) is 0 Å². The summed E-state index contributed by atoms with van der Waals surface area (Å²) in [7, 11) is 1.99. The summed E-state index contributed by atoms with van der Waals surface area (Å²) in [5, 5.41) is 6.77. The number of benzene rings is 1. The molecule has 1 rings (SSSR count). The lowest BCUT2D eigenvalue weighted by Gasteiger charge is -2.25. The standard InChI is InChI=1S/C13H22N2/c1-10-7-6-8-12(11(10)2)15-9-13(3,4)14-5/h6-8,14-15H,9H2,1-5H3. The maximum absolute atomic E-state index is 3.48. The van der Waals surface area contributed by atoms with E-state index in [4.69, 9.17) is 0 Å². The first-order valence-corrected chi connectivity index (χ1v) is 5.45. The number of nitrogens with one attached hydrogen (secondary N) is 2. The molecule has 15 heavy (non-hydrogen) atoms. The van der Waals surface area contributed by atoms with E-state index in [1.807, 2.05) is 7.05 Å². The summed E-state index contributed by atoms with van der Waals surface area (Å²) < 4.78 is 0. The molecule has 2 heteroatoms. The molecule has 0 saturated heterocycles. The molecule has 0 aliphatic rings. The van der Waals surface area contributed by atoms with Crippen molar-refractivity contribution < 1.29 is 0 Å². The Morgan fingerprint density at radius 2 is 1.87 bits per heavy atom. The molecule has 0 amide bonds. The Balaban J connectivity index is 2.70. The van der Waals surface area contributed by atoms with Crippen LogP contribution in [0.15, 0.2) is 18.2 Å². The van der Waals surface area contributed by atoms with Crippen LogP contribution in [0.1, 0.15) is 25.0 Å². The average molecular weight is 206 g/mol. The summed E-state index contributed by atoms with van der Waals surface area (Å²) in [6.45, 7) is 9.60. The number of anilines is 1. The Labute approximate surface area is 93.1 Å². The zero-order valence-electron chi connectivity index (χ0n) is 10.4. The molecule has 1 aromatic rings. The molecule has 0 atom stereocenters. The highest BCUT2D eigenvalue weighted by Gasteiger charge is 2.14. The van der Waals surface area contributed by atoms with Gasteiger partial charge in [0, 0.05) is 17.8 Å². The average Bonchev–Trinajstić information content (AvgIpc) is 2.20. The van der Waals surface area contributed by atoms with E-state index < -0.39 is 0 Å². The van der Waals surface area contributed by atoms with E-state index in [2.05, 4.69) is 56.5 Å². The van der Waals surface area contributed by atoms with Crippen LogP contribution >= 0.6 is 0 Å². The highest BCUT2D eigenvalue weighted by Crippen LogP contribution is 2.18. The molecule has 84 valence electrons. The molecule has 0 saturated carbocycles. The Morgan fingerprint density at radius 1 is 1.20 bits per heavy atom. The molecule has 0 aliphatic heterocycles. The summed E-state index contributed by atoms with van der Waals surface area (Å²) in [6, 6.07) is 6.37. The lowest BCUT2D eigenvalue weighted by molar-refractivity contribution is 0.448. The molecule has 0 aromatic heterocycles. The fourth-order valence-corrected chi connectivity index (χ4v) is 1.35. The summed E-state index contributed by atoms with van der Waals surface area (Å²) in [4.78, 5) is 0. The Bertz CT molecular complexity index is 329. The Hall–Kier alpha value is -1.02. The summed E-state index contributed by atoms with van der Waals surface area (Å²) >= 11 is 0. The SMILES string of the molecule is CNC(C)(C)CNc1cccc(C)c1C. The molecule has 0 spiro atoms. The maximum Gasteiger partial charge on any atom is 0.0373 e. The number of aryl methyl sites for hydroxylation is 1. The summed E-state index contributed by atoms with van der Waals surface area (Å²) in [6.07, 6.45) is 0. The highest BCUT2D eigenvalue weighted by atomic mass is 15.0. The smallest absolute Gasteiger partial charge is 0.0373 e. The molecule has 2 N–H and O–H groups in total. The Morgan fingerprint density at radius 3 is 2.47 bits per heavy atom. The lowest BCUT2D eigenvalue weighted by atomic mass is 10.0. The van der Waals surface area contributed by atoms with Crippen molar-refractivity contribution in [2.24, 2.45) is 0 Å². The minimum absolute atomic E-state index is 0.121. The maximum atomic E-state index is 3.48. The monoisotopic (exact) mass is 206 g/mol. The fourth-order valence-electron chi connectivity index (χ4n) is 1.35. The molecule has 0 heterocycles. The van der Waals surface area contributed by atoms with Crippen LogP contribution in [-0.4, -0.2) is 19.1 Å². The van der Waals surface area contributed by atoms with Gasteiger partial charge in [0.25, 0.3) is 0 Å². The quantitative estimate of drug-likeness (QED) is 0.791. The van der Waals surface area contributed by atoms with E-state index >= 15 is 0 Å². The van der Waals surface area contributed by atoms with Gasteiger partial charge in [-0.25, -0.2) is 0 Å². The predicted octanol–water partition coefficient (Wildman–Crippen LogP) is 2.71. The van der Waals surface area contributed by atoms with Crippen LogP contribution in [0.2, 0.25) is 0 Å². The fraction of sp³-hybridized carbons (Fsp3) is 0.538. The third kappa shape index (κ3) is 3.24. The third-order valence-corrected chi connectivity index (χ3v) is 3.00. The van der Waals surface area contributed by atoms with Crippen molar-refractivity contribution in [2.45, 2.75) is 33.2 Å². The van der Waals surface area contributed by atoms with Gasteiger partial charge in [0.1, 0.15) is 0 Å². The van der Waals surface area contributed by atoms with Gasteiger partial charge in [0.2, 0.25) is 0 Å². The molecule has 0 aliphatic carbocycles. The van der Waals surface area contributed by atoms with Gasteiger partial charge in [-0.15, -0.1) is 0 Å². The van der Waals surface area contributed by atoms with Gasteiger partial charge in [-0.05, 0) is 51.9 Å². The van der Waals surface area contributed by atoms with Crippen molar-refractivity contribution in [2.75, 3.05) is 18.9 Å². The zero-order valence-corrected chi connectivity index (χ0v) is 10.4. The number of hydrogen-bond donors (Lipinski definition) is 2. The van der Waals surface area contributed by atoms with Gasteiger partial charge in [0.15, 0.2) is 0 Å². The van der Waals surface area contributed by atoms with E-state index in [-0.39, 0.29) is 5.54 Å². The van der Waals surface area contributed by atoms with Crippen molar-refractivity contribution in [1.82, 2.24) is 5.32 Å². The molecule has 0 unspecified atom stereocenters. The largest absolute Gasteiger partial charge is 0.383 e. The van der Waals surface area contributed by atoms with E-state index in [1.165, 1.54) is 16.8 Å². The second kappa shape index (κ2) is 4.67. The van der Waals surface area contributed by atoms with Crippen LogP contribution in [0.4, 0.5) is 5.69 Å². The van der Waals surface area contributed by atoms with E-state index in [9.17, 15) is 0 Å². The van der Waals surface area contributed by atoms with Crippen LogP contribution in [-0.2, 0) is 0 Å². The first-order valence-electron chi connectivity index (χ1n) is 5.45. The minimum Gasteiger partial charge on any atom is -0.383 e. The van der Waals surface area contributed by atoms with Crippen molar-refractivity contribution in [3.63, 3.8) is 0 Å². The van der Waals surface area contributed by atoms with Crippen LogP contribution in [0.3, 0.4) is 0 Å². The van der Waals surface area contributed by atoms with Crippen LogP contribution < -0.4 is 10.6 Å². The van der Waals surface area contributed by atoms with Gasteiger partial charge in [-0.3, -0.25) is 0 Å². The number of hydrogen-bond acceptors (Lipinski definition) is 2. The van der Waals surface area contributed by atoms with Crippen molar-refractivity contribution in [3.8, 4) is 0 Å². The molecule has 1 aromatic carbocycles. The Kier molecular flexibility index (Phi) is 3.75. The van der Waals surface area contributed by atoms with E-state index in [0.717, 1.165) is 6.54 Å². The molecular weight excluding hydrogens is 184 g/mol. The molecule has 0 radical (unpaired) electrons. The highest BCUT2D eigenvalue weighted by molar-refractivity contribution is 5.53. The van der Waals surface area contributed by atoms with Gasteiger partial charge < -0.3 is 10.6 Å². The predicted molar refractivity (Wildman–Crippen MR) is 67.5 cm³/mol. The number of rotatable bonds is 4. The van der Waals surface area contributed by atoms with Gasteiger partial charge >= 0.3 is 0 Å². The summed E-state index contributed by atoms with van der Waals surface area (Å²) in [5.74, 6) is 0. The topological polar surface area (TPSA) is 24.1 Å². The molecule has 2 nitrogen and oxygen atoms in total. The van der Waals surface area contributed by atoms with Crippen LogP contribution in [0.5, 0.6) is 0 Å². The second-order valence-corrected chi connectivity index (χ2v) is 4.73. The minimum atomic E-state index is 0.121. The molecule has 0 bridgehead atoms. The zero-order chi connectivity index (χ0) is 11.5. The van der Waals surface area contributed by atoms with Gasteiger partial charge in [0.05, 0.1) is 0 Å². The lowest BCUT2D eigenvalue weighted by Crippen LogP contribution is -2.42.